The van der Waals surface area contributed by atoms with Gasteiger partial charge in [-0.15, -0.1) is 0 Å². The molecule has 1 aromatic carbocycles. The highest BCUT2D eigenvalue weighted by molar-refractivity contribution is 6.35. The van der Waals surface area contributed by atoms with E-state index < -0.39 is 6.04 Å². The average Bonchev–Trinajstić information content (AvgIpc) is 3.14. The van der Waals surface area contributed by atoms with Crippen LogP contribution in [0.15, 0.2) is 24.4 Å². The standard InChI is InChI=1S/C18H20ClN3O3.CH4/c19-14-3-1-2-13-12(9-20-16(13)14)8-15-17(23)22(18(24)21-15)10-11-4-6-25-7-5-11;/h1-3,9,11,15,20H,4-8,10H2,(H,21,24);1H4/t15-;/m1./s1. The maximum atomic E-state index is 12.7. The highest BCUT2D eigenvalue weighted by Crippen LogP contribution is 2.27. The Morgan fingerprint density at radius 2 is 2.00 bits per heavy atom. The number of para-hydroxylation sites is 1. The number of amides is 3. The van der Waals surface area contributed by atoms with Crippen molar-refractivity contribution in [2.24, 2.45) is 5.92 Å². The number of nitrogens with zero attached hydrogens (tertiary/aromatic N) is 1. The van der Waals surface area contributed by atoms with Crippen LogP contribution in [0, 0.1) is 5.92 Å². The number of halogens is 1. The van der Waals surface area contributed by atoms with Crippen LogP contribution in [0.1, 0.15) is 25.8 Å². The second-order valence-corrected chi connectivity index (χ2v) is 7.09. The molecule has 3 heterocycles. The number of carbonyl (C=O) groups excluding carboxylic acids is 2. The van der Waals surface area contributed by atoms with E-state index in [0.717, 1.165) is 29.3 Å². The normalized spacial score (nSPS) is 21.1. The molecule has 0 bridgehead atoms. The first-order chi connectivity index (χ1) is 12.1. The van der Waals surface area contributed by atoms with E-state index >= 15 is 0 Å². The quantitative estimate of drug-likeness (QED) is 0.802. The molecule has 2 aliphatic rings. The van der Waals surface area contributed by atoms with Gasteiger partial charge in [0.25, 0.3) is 5.91 Å². The van der Waals surface area contributed by atoms with E-state index in [2.05, 4.69) is 10.3 Å². The summed E-state index contributed by atoms with van der Waals surface area (Å²) in [5.74, 6) is 0.182. The summed E-state index contributed by atoms with van der Waals surface area (Å²) in [4.78, 5) is 29.5. The molecular weight excluding hydrogens is 354 g/mol. The number of hydrogen-bond acceptors (Lipinski definition) is 3. The van der Waals surface area contributed by atoms with E-state index in [0.29, 0.717) is 37.1 Å². The van der Waals surface area contributed by atoms with Gasteiger partial charge in [0, 0.05) is 37.8 Å². The van der Waals surface area contributed by atoms with Gasteiger partial charge in [-0.05, 0) is 30.4 Å². The van der Waals surface area contributed by atoms with Gasteiger partial charge in [0.15, 0.2) is 0 Å². The van der Waals surface area contributed by atoms with Crippen LogP contribution in [0.4, 0.5) is 4.79 Å². The van der Waals surface area contributed by atoms with E-state index in [4.69, 9.17) is 16.3 Å². The zero-order chi connectivity index (χ0) is 17.4. The number of carbonyl (C=O) groups is 2. The molecule has 2 aromatic rings. The van der Waals surface area contributed by atoms with Crippen molar-refractivity contribution in [1.82, 2.24) is 15.2 Å². The number of H-pyrrole nitrogens is 1. The van der Waals surface area contributed by atoms with Crippen molar-refractivity contribution < 1.29 is 14.3 Å². The van der Waals surface area contributed by atoms with Crippen LogP contribution in [-0.2, 0) is 16.0 Å². The van der Waals surface area contributed by atoms with Crippen molar-refractivity contribution in [2.45, 2.75) is 32.7 Å². The lowest BCUT2D eigenvalue weighted by Gasteiger charge is -2.25. The Hall–Kier alpha value is -2.05. The predicted octanol–water partition coefficient (Wildman–Crippen LogP) is 3.35. The largest absolute Gasteiger partial charge is 0.381 e. The third-order valence-electron chi connectivity index (χ3n) is 5.06. The van der Waals surface area contributed by atoms with E-state index in [1.54, 1.807) is 0 Å². The molecule has 4 rings (SSSR count). The van der Waals surface area contributed by atoms with Gasteiger partial charge >= 0.3 is 6.03 Å². The highest BCUT2D eigenvalue weighted by Gasteiger charge is 2.39. The maximum Gasteiger partial charge on any atom is 0.324 e. The number of rotatable bonds is 4. The minimum absolute atomic E-state index is 0. The summed E-state index contributed by atoms with van der Waals surface area (Å²) in [5.41, 5.74) is 1.83. The molecule has 0 unspecified atom stereocenters. The Balaban J connectivity index is 0.00000196. The molecular formula is C19H24ClN3O3. The number of fused-ring (bicyclic) bond motifs is 1. The number of hydrogen-bond donors (Lipinski definition) is 2. The zero-order valence-electron chi connectivity index (χ0n) is 13.8. The lowest BCUT2D eigenvalue weighted by Crippen LogP contribution is -2.37. The number of aromatic amines is 1. The number of aromatic nitrogens is 1. The third-order valence-corrected chi connectivity index (χ3v) is 5.38. The molecule has 2 N–H and O–H groups in total. The van der Waals surface area contributed by atoms with Gasteiger partial charge in [0.1, 0.15) is 6.04 Å². The number of nitrogens with one attached hydrogen (secondary N) is 2. The van der Waals surface area contributed by atoms with Crippen LogP contribution in [0.3, 0.4) is 0 Å². The fourth-order valence-electron chi connectivity index (χ4n) is 3.64. The van der Waals surface area contributed by atoms with Crippen molar-refractivity contribution in [3.8, 4) is 0 Å². The Bertz CT molecular complexity index is 813. The fraction of sp³-hybridized carbons (Fsp3) is 0.474. The Morgan fingerprint density at radius 1 is 1.23 bits per heavy atom. The van der Waals surface area contributed by atoms with Crippen LogP contribution in [0.2, 0.25) is 5.02 Å². The molecule has 2 fully saturated rings. The third kappa shape index (κ3) is 3.44. The number of ether oxygens (including phenoxy) is 1. The monoisotopic (exact) mass is 377 g/mol. The van der Waals surface area contributed by atoms with Crippen molar-refractivity contribution in [1.29, 1.82) is 0 Å². The fourth-order valence-corrected chi connectivity index (χ4v) is 3.87. The van der Waals surface area contributed by atoms with Gasteiger partial charge in [0.05, 0.1) is 10.5 Å². The summed E-state index contributed by atoms with van der Waals surface area (Å²) >= 11 is 6.18. The van der Waals surface area contributed by atoms with Gasteiger partial charge in [-0.2, -0.15) is 0 Å². The van der Waals surface area contributed by atoms with Crippen LogP contribution >= 0.6 is 11.6 Å². The molecule has 0 saturated carbocycles. The molecule has 0 radical (unpaired) electrons. The number of benzene rings is 1. The molecule has 6 nitrogen and oxygen atoms in total. The van der Waals surface area contributed by atoms with E-state index in [-0.39, 0.29) is 19.4 Å². The van der Waals surface area contributed by atoms with Crippen molar-refractivity contribution >= 4 is 34.4 Å². The first-order valence-electron chi connectivity index (χ1n) is 8.57. The lowest BCUT2D eigenvalue weighted by molar-refractivity contribution is -0.128. The molecule has 26 heavy (non-hydrogen) atoms. The van der Waals surface area contributed by atoms with Crippen LogP contribution in [-0.4, -0.2) is 47.6 Å². The van der Waals surface area contributed by atoms with Crippen LogP contribution in [0.25, 0.3) is 10.9 Å². The van der Waals surface area contributed by atoms with Gasteiger partial charge < -0.3 is 15.0 Å². The summed E-state index contributed by atoms with van der Waals surface area (Å²) in [5, 5.41) is 4.45. The SMILES string of the molecule is C.O=C1N[C@H](Cc2c[nH]c3c(Cl)cccc23)C(=O)N1CC1CCOCC1. The topological polar surface area (TPSA) is 74.4 Å². The first-order valence-corrected chi connectivity index (χ1v) is 8.95. The number of imide groups is 1. The Morgan fingerprint density at radius 3 is 2.77 bits per heavy atom. The Labute approximate surface area is 157 Å². The minimum atomic E-state index is -0.523. The summed E-state index contributed by atoms with van der Waals surface area (Å²) in [6, 6.07) is 4.86. The maximum absolute atomic E-state index is 12.7. The summed E-state index contributed by atoms with van der Waals surface area (Å²) in [6.07, 6.45) is 4.09. The molecule has 140 valence electrons. The molecule has 2 aliphatic heterocycles. The minimum Gasteiger partial charge on any atom is -0.381 e. The van der Waals surface area contributed by atoms with Gasteiger partial charge in [-0.3, -0.25) is 9.69 Å². The van der Waals surface area contributed by atoms with Gasteiger partial charge in [-0.25, -0.2) is 4.79 Å². The van der Waals surface area contributed by atoms with E-state index in [9.17, 15) is 9.59 Å². The molecule has 1 aromatic heterocycles. The molecule has 2 saturated heterocycles. The van der Waals surface area contributed by atoms with Crippen LogP contribution in [0.5, 0.6) is 0 Å². The number of urea groups is 1. The average molecular weight is 378 g/mol. The molecule has 3 amide bonds. The van der Waals surface area contributed by atoms with Crippen LogP contribution < -0.4 is 5.32 Å². The molecule has 0 aliphatic carbocycles. The summed E-state index contributed by atoms with van der Waals surface area (Å²) in [7, 11) is 0. The Kier molecular flexibility index (Phi) is 5.53. The molecule has 1 atom stereocenters. The summed E-state index contributed by atoms with van der Waals surface area (Å²) in [6.45, 7) is 1.88. The van der Waals surface area contributed by atoms with Gasteiger partial charge in [0.2, 0.25) is 0 Å². The highest BCUT2D eigenvalue weighted by atomic mass is 35.5. The van der Waals surface area contributed by atoms with Crippen molar-refractivity contribution in [3.05, 3.63) is 35.0 Å². The smallest absolute Gasteiger partial charge is 0.324 e. The van der Waals surface area contributed by atoms with E-state index in [1.807, 2.05) is 24.4 Å². The second-order valence-electron chi connectivity index (χ2n) is 6.69. The zero-order valence-corrected chi connectivity index (χ0v) is 14.5. The van der Waals surface area contributed by atoms with Crippen molar-refractivity contribution in [3.63, 3.8) is 0 Å². The first kappa shape index (κ1) is 18.7. The summed E-state index contributed by atoms with van der Waals surface area (Å²) < 4.78 is 5.34. The molecule has 7 heteroatoms. The van der Waals surface area contributed by atoms with Crippen molar-refractivity contribution in [2.75, 3.05) is 19.8 Å². The lowest BCUT2D eigenvalue weighted by atomic mass is 9.99. The second kappa shape index (κ2) is 7.68. The predicted molar refractivity (Wildman–Crippen MR) is 101 cm³/mol. The van der Waals surface area contributed by atoms with Gasteiger partial charge in [-0.1, -0.05) is 31.2 Å². The van der Waals surface area contributed by atoms with E-state index in [1.165, 1.54) is 4.90 Å². The molecule has 0 spiro atoms.